The molecule has 0 fully saturated rings. The molecule has 15 heavy (non-hydrogen) atoms. The maximum absolute atomic E-state index is 12.6. The van der Waals surface area contributed by atoms with Crippen molar-refractivity contribution in [2.24, 2.45) is 5.73 Å². The van der Waals surface area contributed by atoms with Crippen molar-refractivity contribution >= 4 is 15.9 Å². The van der Waals surface area contributed by atoms with E-state index in [1.165, 1.54) is 6.07 Å². The van der Waals surface area contributed by atoms with Crippen molar-refractivity contribution in [2.75, 3.05) is 6.54 Å². The predicted molar refractivity (Wildman–Crippen MR) is 56.5 cm³/mol. The van der Waals surface area contributed by atoms with Crippen molar-refractivity contribution in [2.45, 2.75) is 19.0 Å². The van der Waals surface area contributed by atoms with Gasteiger partial charge in [0.15, 0.2) is 0 Å². The van der Waals surface area contributed by atoms with E-state index in [0.717, 1.165) is 6.07 Å². The Morgan fingerprint density at radius 2 is 1.93 bits per heavy atom. The Morgan fingerprint density at radius 3 is 2.47 bits per heavy atom. The molecule has 0 atom stereocenters. The van der Waals surface area contributed by atoms with Crippen LogP contribution in [0.2, 0.25) is 0 Å². The van der Waals surface area contributed by atoms with Gasteiger partial charge in [-0.3, -0.25) is 0 Å². The summed E-state index contributed by atoms with van der Waals surface area (Å²) in [6.45, 7) is 0.388. The van der Waals surface area contributed by atoms with E-state index in [-0.39, 0.29) is 5.56 Å². The standard InChI is InChI=1S/C10H11BrF3N/c11-9-5-1-4-8(10(12,13)14)7(9)3-2-6-15/h1,4-5H,2-3,6,15H2. The van der Waals surface area contributed by atoms with Crippen LogP contribution in [0.25, 0.3) is 0 Å². The number of alkyl halides is 3. The van der Waals surface area contributed by atoms with Crippen LogP contribution >= 0.6 is 15.9 Å². The molecular formula is C10H11BrF3N. The second-order valence-corrected chi connectivity index (χ2v) is 4.01. The number of benzene rings is 1. The van der Waals surface area contributed by atoms with Crippen molar-refractivity contribution < 1.29 is 13.2 Å². The molecule has 1 rings (SSSR count). The van der Waals surface area contributed by atoms with Crippen LogP contribution < -0.4 is 5.73 Å². The first-order chi connectivity index (χ1) is 6.96. The largest absolute Gasteiger partial charge is 0.416 e. The highest BCUT2D eigenvalue weighted by molar-refractivity contribution is 9.10. The van der Waals surface area contributed by atoms with Crippen LogP contribution in [0.1, 0.15) is 17.5 Å². The van der Waals surface area contributed by atoms with Crippen LogP contribution in [-0.2, 0) is 12.6 Å². The predicted octanol–water partition coefficient (Wildman–Crippen LogP) is 3.36. The third-order valence-electron chi connectivity index (χ3n) is 2.06. The molecule has 0 radical (unpaired) electrons. The van der Waals surface area contributed by atoms with E-state index in [0.29, 0.717) is 23.9 Å². The van der Waals surface area contributed by atoms with Crippen LogP contribution in [0.5, 0.6) is 0 Å². The Hall–Kier alpha value is -0.550. The molecule has 2 N–H and O–H groups in total. The Bertz CT molecular complexity index is 336. The second kappa shape index (κ2) is 4.99. The highest BCUT2D eigenvalue weighted by atomic mass is 79.9. The molecular weight excluding hydrogens is 271 g/mol. The normalized spacial score (nSPS) is 11.8. The third kappa shape index (κ3) is 3.21. The average molecular weight is 282 g/mol. The summed E-state index contributed by atoms with van der Waals surface area (Å²) in [7, 11) is 0. The van der Waals surface area contributed by atoms with Gasteiger partial charge in [-0.15, -0.1) is 0 Å². The number of halogens is 4. The number of rotatable bonds is 3. The maximum atomic E-state index is 12.6. The Labute approximate surface area is 94.6 Å². The molecule has 0 saturated carbocycles. The van der Waals surface area contributed by atoms with E-state index in [2.05, 4.69) is 15.9 Å². The highest BCUT2D eigenvalue weighted by Gasteiger charge is 2.33. The molecule has 5 heteroatoms. The zero-order valence-corrected chi connectivity index (χ0v) is 9.53. The van der Waals surface area contributed by atoms with E-state index in [1.807, 2.05) is 0 Å². The minimum absolute atomic E-state index is 0.287. The fraction of sp³-hybridized carbons (Fsp3) is 0.400. The van der Waals surface area contributed by atoms with Gasteiger partial charge in [-0.05, 0) is 37.1 Å². The SMILES string of the molecule is NCCCc1c(Br)cccc1C(F)(F)F. The van der Waals surface area contributed by atoms with Crippen molar-refractivity contribution in [1.82, 2.24) is 0 Å². The molecule has 0 aliphatic heterocycles. The molecule has 0 aromatic heterocycles. The van der Waals surface area contributed by atoms with Gasteiger partial charge >= 0.3 is 6.18 Å². The van der Waals surface area contributed by atoms with E-state index >= 15 is 0 Å². The number of nitrogens with two attached hydrogens (primary N) is 1. The third-order valence-corrected chi connectivity index (χ3v) is 2.80. The van der Waals surface area contributed by atoms with Crippen molar-refractivity contribution in [3.8, 4) is 0 Å². The van der Waals surface area contributed by atoms with Crippen LogP contribution in [0.3, 0.4) is 0 Å². The molecule has 0 unspecified atom stereocenters. The zero-order valence-electron chi connectivity index (χ0n) is 7.94. The average Bonchev–Trinajstić information content (AvgIpc) is 2.14. The lowest BCUT2D eigenvalue weighted by Crippen LogP contribution is -2.11. The summed E-state index contributed by atoms with van der Waals surface area (Å²) in [4.78, 5) is 0. The van der Waals surface area contributed by atoms with Gasteiger partial charge in [-0.2, -0.15) is 13.2 Å². The lowest BCUT2D eigenvalue weighted by atomic mass is 10.0. The Kier molecular flexibility index (Phi) is 4.16. The monoisotopic (exact) mass is 281 g/mol. The molecule has 0 aliphatic carbocycles. The minimum atomic E-state index is -4.30. The summed E-state index contributed by atoms with van der Waals surface area (Å²) in [5.41, 5.74) is 5.00. The van der Waals surface area contributed by atoms with Gasteiger partial charge < -0.3 is 5.73 Å². The number of hydrogen-bond acceptors (Lipinski definition) is 1. The van der Waals surface area contributed by atoms with Crippen molar-refractivity contribution in [1.29, 1.82) is 0 Å². The maximum Gasteiger partial charge on any atom is 0.416 e. The van der Waals surface area contributed by atoms with Crippen molar-refractivity contribution in [3.05, 3.63) is 33.8 Å². The van der Waals surface area contributed by atoms with Gasteiger partial charge in [0, 0.05) is 4.47 Å². The Balaban J connectivity index is 3.09. The summed E-state index contributed by atoms with van der Waals surface area (Å²) in [6, 6.07) is 4.09. The van der Waals surface area contributed by atoms with Gasteiger partial charge in [0.25, 0.3) is 0 Å². The fourth-order valence-corrected chi connectivity index (χ4v) is 1.92. The fourth-order valence-electron chi connectivity index (χ4n) is 1.36. The van der Waals surface area contributed by atoms with Crippen LogP contribution in [0.15, 0.2) is 22.7 Å². The summed E-state index contributed by atoms with van der Waals surface area (Å²) < 4.78 is 38.3. The first-order valence-corrected chi connectivity index (χ1v) is 5.30. The highest BCUT2D eigenvalue weighted by Crippen LogP contribution is 2.35. The van der Waals surface area contributed by atoms with E-state index in [1.54, 1.807) is 6.07 Å². The first-order valence-electron chi connectivity index (χ1n) is 4.51. The summed E-state index contributed by atoms with van der Waals surface area (Å²) in [5.74, 6) is 0. The molecule has 0 heterocycles. The quantitative estimate of drug-likeness (QED) is 0.903. The van der Waals surface area contributed by atoms with Crippen LogP contribution in [-0.4, -0.2) is 6.54 Å². The van der Waals surface area contributed by atoms with Crippen LogP contribution in [0.4, 0.5) is 13.2 Å². The molecule has 1 aromatic carbocycles. The van der Waals surface area contributed by atoms with Gasteiger partial charge in [0.1, 0.15) is 0 Å². The lowest BCUT2D eigenvalue weighted by molar-refractivity contribution is -0.138. The summed E-state index contributed by atoms with van der Waals surface area (Å²) in [5, 5.41) is 0. The van der Waals surface area contributed by atoms with Crippen molar-refractivity contribution in [3.63, 3.8) is 0 Å². The van der Waals surface area contributed by atoms with E-state index in [4.69, 9.17) is 5.73 Å². The molecule has 1 nitrogen and oxygen atoms in total. The molecule has 0 amide bonds. The van der Waals surface area contributed by atoms with Gasteiger partial charge in [-0.25, -0.2) is 0 Å². The summed E-state index contributed by atoms with van der Waals surface area (Å²) >= 11 is 3.13. The van der Waals surface area contributed by atoms with Gasteiger partial charge in [-0.1, -0.05) is 22.0 Å². The molecule has 84 valence electrons. The zero-order chi connectivity index (χ0) is 11.5. The van der Waals surface area contributed by atoms with E-state index < -0.39 is 11.7 Å². The first kappa shape index (κ1) is 12.5. The van der Waals surface area contributed by atoms with E-state index in [9.17, 15) is 13.2 Å². The van der Waals surface area contributed by atoms with Gasteiger partial charge in [0.05, 0.1) is 5.56 Å². The molecule has 0 spiro atoms. The molecule has 0 aliphatic rings. The molecule has 1 aromatic rings. The summed E-state index contributed by atoms with van der Waals surface area (Å²) in [6.07, 6.45) is -3.41. The van der Waals surface area contributed by atoms with Gasteiger partial charge in [0.2, 0.25) is 0 Å². The number of hydrogen-bond donors (Lipinski definition) is 1. The molecule has 0 bridgehead atoms. The minimum Gasteiger partial charge on any atom is -0.330 e. The van der Waals surface area contributed by atoms with Crippen LogP contribution in [0, 0.1) is 0 Å². The smallest absolute Gasteiger partial charge is 0.330 e. The lowest BCUT2D eigenvalue weighted by Gasteiger charge is -2.13. The topological polar surface area (TPSA) is 26.0 Å². The molecule has 0 saturated heterocycles. The Morgan fingerprint density at radius 1 is 1.27 bits per heavy atom. The second-order valence-electron chi connectivity index (χ2n) is 3.16.